The lowest BCUT2D eigenvalue weighted by molar-refractivity contribution is 0.515. The Morgan fingerprint density at radius 3 is 2.56 bits per heavy atom. The first-order valence-electron chi connectivity index (χ1n) is 5.48. The van der Waals surface area contributed by atoms with Crippen LogP contribution in [0.4, 0.5) is 4.39 Å². The molecule has 0 unspecified atom stereocenters. The van der Waals surface area contributed by atoms with Crippen LogP contribution in [0.2, 0.25) is 0 Å². The molecule has 0 heterocycles. The van der Waals surface area contributed by atoms with Gasteiger partial charge in [0.25, 0.3) is 0 Å². The van der Waals surface area contributed by atoms with Gasteiger partial charge in [0.05, 0.1) is 4.75 Å². The number of hydrogen-bond acceptors (Lipinski definition) is 3. The van der Waals surface area contributed by atoms with Crippen LogP contribution in [-0.2, 0) is 16.4 Å². The van der Waals surface area contributed by atoms with E-state index in [0.717, 1.165) is 4.47 Å². The predicted octanol–water partition coefficient (Wildman–Crippen LogP) is 2.50. The summed E-state index contributed by atoms with van der Waals surface area (Å²) in [6, 6.07) is 4.68. The number of sulfone groups is 1. The molecule has 102 valence electrons. The minimum absolute atomic E-state index is 0.276. The zero-order chi connectivity index (χ0) is 14.0. The van der Waals surface area contributed by atoms with Crippen LogP contribution in [0.5, 0.6) is 0 Å². The second kappa shape index (κ2) is 5.67. The van der Waals surface area contributed by atoms with E-state index >= 15 is 0 Å². The molecular weight excluding hydrogens is 321 g/mol. The maximum Gasteiger partial charge on any atom is 0.153 e. The van der Waals surface area contributed by atoms with Crippen LogP contribution in [0.1, 0.15) is 19.4 Å². The summed E-state index contributed by atoms with van der Waals surface area (Å²) >= 11 is 3.27. The summed E-state index contributed by atoms with van der Waals surface area (Å²) in [6.07, 6.45) is 1.20. The first-order valence-corrected chi connectivity index (χ1v) is 8.16. The molecule has 0 amide bonds. The highest BCUT2D eigenvalue weighted by molar-refractivity contribution is 9.10. The molecule has 1 rings (SSSR count). The highest BCUT2D eigenvalue weighted by atomic mass is 79.9. The van der Waals surface area contributed by atoms with Crippen molar-refractivity contribution in [2.75, 3.05) is 12.8 Å². The second-order valence-corrected chi connectivity index (χ2v) is 8.44. The van der Waals surface area contributed by atoms with Crippen molar-refractivity contribution in [1.82, 2.24) is 5.32 Å². The Morgan fingerprint density at radius 1 is 1.39 bits per heavy atom. The van der Waals surface area contributed by atoms with Crippen molar-refractivity contribution in [3.8, 4) is 0 Å². The van der Waals surface area contributed by atoms with Crippen LogP contribution < -0.4 is 5.32 Å². The second-order valence-electron chi connectivity index (χ2n) is 4.87. The smallest absolute Gasteiger partial charge is 0.153 e. The summed E-state index contributed by atoms with van der Waals surface area (Å²) in [5.74, 6) is -0.303. The standard InChI is InChI=1S/C12H17BrFNO2S/c1-12(2,18(3,16)17)8-15-7-9-6-10(13)4-5-11(9)14/h4-6,15H,7-8H2,1-3H3. The van der Waals surface area contributed by atoms with Gasteiger partial charge < -0.3 is 5.32 Å². The lowest BCUT2D eigenvalue weighted by atomic mass is 10.2. The molecule has 0 saturated heterocycles. The molecule has 1 aromatic carbocycles. The monoisotopic (exact) mass is 337 g/mol. The van der Waals surface area contributed by atoms with Gasteiger partial charge in [-0.3, -0.25) is 0 Å². The molecule has 0 radical (unpaired) electrons. The zero-order valence-corrected chi connectivity index (χ0v) is 13.0. The van der Waals surface area contributed by atoms with Gasteiger partial charge in [0.2, 0.25) is 0 Å². The maximum atomic E-state index is 13.4. The van der Waals surface area contributed by atoms with E-state index in [2.05, 4.69) is 21.2 Å². The molecule has 0 saturated carbocycles. The fourth-order valence-electron chi connectivity index (χ4n) is 1.31. The Balaban J connectivity index is 2.65. The van der Waals surface area contributed by atoms with Gasteiger partial charge in [-0.2, -0.15) is 0 Å². The third kappa shape index (κ3) is 4.03. The summed E-state index contributed by atoms with van der Waals surface area (Å²) < 4.78 is 36.4. The fraction of sp³-hybridized carbons (Fsp3) is 0.500. The van der Waals surface area contributed by atoms with Crippen molar-refractivity contribution in [3.05, 3.63) is 34.1 Å². The van der Waals surface area contributed by atoms with Gasteiger partial charge in [0, 0.05) is 29.4 Å². The van der Waals surface area contributed by atoms with E-state index in [1.54, 1.807) is 26.0 Å². The van der Waals surface area contributed by atoms with Crippen molar-refractivity contribution in [2.45, 2.75) is 25.1 Å². The van der Waals surface area contributed by atoms with E-state index in [9.17, 15) is 12.8 Å². The normalized spacial score (nSPS) is 12.7. The Labute approximate surface area is 116 Å². The summed E-state index contributed by atoms with van der Waals surface area (Å²) in [5.41, 5.74) is 0.508. The molecule has 0 aliphatic carbocycles. The van der Waals surface area contributed by atoms with Gasteiger partial charge >= 0.3 is 0 Å². The Hall–Kier alpha value is -0.460. The predicted molar refractivity (Wildman–Crippen MR) is 74.7 cm³/mol. The van der Waals surface area contributed by atoms with Crippen molar-refractivity contribution >= 4 is 25.8 Å². The minimum Gasteiger partial charge on any atom is -0.311 e. The number of rotatable bonds is 5. The van der Waals surface area contributed by atoms with Crippen LogP contribution >= 0.6 is 15.9 Å². The van der Waals surface area contributed by atoms with Gasteiger partial charge in [-0.15, -0.1) is 0 Å². The third-order valence-corrected chi connectivity index (χ3v) is 5.52. The summed E-state index contributed by atoms with van der Waals surface area (Å²) in [6.45, 7) is 3.86. The molecule has 1 aromatic rings. The van der Waals surface area contributed by atoms with E-state index in [4.69, 9.17) is 0 Å². The minimum atomic E-state index is -3.14. The lowest BCUT2D eigenvalue weighted by Crippen LogP contribution is -2.41. The first kappa shape index (κ1) is 15.6. The Bertz CT molecular complexity index is 529. The Kier molecular flexibility index (Phi) is 4.91. The van der Waals surface area contributed by atoms with E-state index in [0.29, 0.717) is 12.1 Å². The molecule has 0 spiro atoms. The fourth-order valence-corrected chi connectivity index (χ4v) is 2.08. The van der Waals surface area contributed by atoms with E-state index in [-0.39, 0.29) is 12.4 Å². The Morgan fingerprint density at radius 2 is 2.00 bits per heavy atom. The first-order chi connectivity index (χ1) is 8.13. The van der Waals surface area contributed by atoms with Crippen LogP contribution in [0.25, 0.3) is 0 Å². The van der Waals surface area contributed by atoms with Crippen molar-refractivity contribution in [2.24, 2.45) is 0 Å². The van der Waals surface area contributed by atoms with Crippen LogP contribution in [0, 0.1) is 5.82 Å². The van der Waals surface area contributed by atoms with E-state index < -0.39 is 14.6 Å². The van der Waals surface area contributed by atoms with E-state index in [1.165, 1.54) is 12.3 Å². The average molecular weight is 338 g/mol. The molecular formula is C12H17BrFNO2S. The largest absolute Gasteiger partial charge is 0.311 e. The maximum absolute atomic E-state index is 13.4. The van der Waals surface area contributed by atoms with Gasteiger partial charge in [-0.1, -0.05) is 15.9 Å². The summed E-state index contributed by atoms with van der Waals surface area (Å²) in [5, 5.41) is 2.98. The third-order valence-electron chi connectivity index (χ3n) is 2.88. The number of halogens is 2. The molecule has 0 fully saturated rings. The molecule has 0 bridgehead atoms. The molecule has 18 heavy (non-hydrogen) atoms. The number of nitrogens with one attached hydrogen (secondary N) is 1. The highest BCUT2D eigenvalue weighted by Gasteiger charge is 2.29. The van der Waals surface area contributed by atoms with E-state index in [1.807, 2.05) is 0 Å². The number of benzene rings is 1. The molecule has 6 heteroatoms. The molecule has 0 aliphatic rings. The summed E-state index contributed by atoms with van der Waals surface area (Å²) in [4.78, 5) is 0. The van der Waals surface area contributed by atoms with Crippen molar-refractivity contribution < 1.29 is 12.8 Å². The zero-order valence-electron chi connectivity index (χ0n) is 10.6. The average Bonchev–Trinajstić information content (AvgIpc) is 2.21. The molecule has 0 atom stereocenters. The molecule has 0 aromatic heterocycles. The van der Waals surface area contributed by atoms with Crippen molar-refractivity contribution in [1.29, 1.82) is 0 Å². The van der Waals surface area contributed by atoms with Gasteiger partial charge in [0.1, 0.15) is 5.82 Å². The lowest BCUT2D eigenvalue weighted by Gasteiger charge is -2.22. The summed E-state index contributed by atoms with van der Waals surface area (Å²) in [7, 11) is -3.14. The van der Waals surface area contributed by atoms with Gasteiger partial charge in [-0.25, -0.2) is 12.8 Å². The van der Waals surface area contributed by atoms with Crippen LogP contribution in [0.3, 0.4) is 0 Å². The highest BCUT2D eigenvalue weighted by Crippen LogP contribution is 2.17. The van der Waals surface area contributed by atoms with Crippen LogP contribution in [-0.4, -0.2) is 26.0 Å². The molecule has 0 aliphatic heterocycles. The number of hydrogen-bond donors (Lipinski definition) is 1. The van der Waals surface area contributed by atoms with Gasteiger partial charge in [0.15, 0.2) is 9.84 Å². The quantitative estimate of drug-likeness (QED) is 0.897. The molecule has 3 nitrogen and oxygen atoms in total. The molecule has 1 N–H and O–H groups in total. The van der Waals surface area contributed by atoms with Gasteiger partial charge in [-0.05, 0) is 32.0 Å². The van der Waals surface area contributed by atoms with Crippen LogP contribution in [0.15, 0.2) is 22.7 Å². The van der Waals surface area contributed by atoms with Crippen molar-refractivity contribution in [3.63, 3.8) is 0 Å². The topological polar surface area (TPSA) is 46.2 Å². The SMILES string of the molecule is CC(C)(CNCc1cc(Br)ccc1F)S(C)(=O)=O.